The largest absolute Gasteiger partial charge is 0.497 e. The number of aromatic nitrogens is 1. The maximum absolute atomic E-state index is 12.6. The third-order valence-corrected chi connectivity index (χ3v) is 7.76. The van der Waals surface area contributed by atoms with Crippen molar-refractivity contribution in [1.29, 1.82) is 0 Å². The van der Waals surface area contributed by atoms with Gasteiger partial charge in [-0.05, 0) is 38.0 Å². The van der Waals surface area contributed by atoms with E-state index in [0.29, 0.717) is 29.1 Å². The molecule has 0 unspecified atom stereocenters. The molecule has 0 N–H and O–H groups in total. The van der Waals surface area contributed by atoms with E-state index >= 15 is 0 Å². The minimum Gasteiger partial charge on any atom is -0.497 e. The molecule has 1 aliphatic heterocycles. The molecule has 0 atom stereocenters. The SMILES string of the molecule is CCOC(=O)Cn1c(=NC(=O)CS(=O)(=O)CC(=O)N2CCCCCC2)sc2cc(OC)ccc21. The molecule has 10 nitrogen and oxygen atoms in total. The first-order chi connectivity index (χ1) is 16.2. The molecular formula is C22H29N3O7S2. The van der Waals surface area contributed by atoms with Crippen molar-refractivity contribution in [3.63, 3.8) is 0 Å². The van der Waals surface area contributed by atoms with Gasteiger partial charge in [0.15, 0.2) is 14.6 Å². The first-order valence-electron chi connectivity index (χ1n) is 11.1. The Balaban J connectivity index is 1.83. The molecule has 1 saturated heterocycles. The number of carbonyl (C=O) groups excluding carboxylic acids is 3. The van der Waals surface area contributed by atoms with Crippen molar-refractivity contribution in [3.8, 4) is 5.75 Å². The van der Waals surface area contributed by atoms with E-state index in [4.69, 9.17) is 9.47 Å². The highest BCUT2D eigenvalue weighted by molar-refractivity contribution is 7.92. The van der Waals surface area contributed by atoms with Crippen LogP contribution in [0.25, 0.3) is 10.2 Å². The summed E-state index contributed by atoms with van der Waals surface area (Å²) in [7, 11) is -2.48. The molecule has 12 heteroatoms. The average molecular weight is 512 g/mol. The summed E-state index contributed by atoms with van der Waals surface area (Å²) in [4.78, 5) is 42.9. The van der Waals surface area contributed by atoms with E-state index in [-0.39, 0.29) is 18.0 Å². The molecule has 2 heterocycles. The second kappa shape index (κ2) is 11.6. The van der Waals surface area contributed by atoms with Gasteiger partial charge >= 0.3 is 5.97 Å². The van der Waals surface area contributed by atoms with E-state index in [1.807, 2.05) is 0 Å². The molecule has 2 amide bonds. The molecule has 0 bridgehead atoms. The lowest BCUT2D eigenvalue weighted by atomic mass is 10.2. The van der Waals surface area contributed by atoms with Crippen molar-refractivity contribution in [2.24, 2.45) is 4.99 Å². The Morgan fingerprint density at radius 2 is 1.79 bits per heavy atom. The number of hydrogen-bond donors (Lipinski definition) is 0. The predicted molar refractivity (Wildman–Crippen MR) is 127 cm³/mol. The molecule has 3 rings (SSSR count). The summed E-state index contributed by atoms with van der Waals surface area (Å²) in [5.74, 6) is -2.92. The smallest absolute Gasteiger partial charge is 0.326 e. The molecular weight excluding hydrogens is 482 g/mol. The van der Waals surface area contributed by atoms with Crippen molar-refractivity contribution in [2.75, 3.05) is 38.3 Å². The number of fused-ring (bicyclic) bond motifs is 1. The molecule has 1 fully saturated rings. The van der Waals surface area contributed by atoms with Crippen LogP contribution in [0.4, 0.5) is 0 Å². The van der Waals surface area contributed by atoms with Gasteiger partial charge in [0, 0.05) is 13.1 Å². The Hall–Kier alpha value is -2.73. The number of ether oxygens (including phenoxy) is 2. The first-order valence-corrected chi connectivity index (χ1v) is 13.7. The van der Waals surface area contributed by atoms with Gasteiger partial charge in [0.1, 0.15) is 23.8 Å². The summed E-state index contributed by atoms with van der Waals surface area (Å²) in [5.41, 5.74) is 0.629. The van der Waals surface area contributed by atoms with Crippen LogP contribution >= 0.6 is 11.3 Å². The van der Waals surface area contributed by atoms with Crippen molar-refractivity contribution in [2.45, 2.75) is 39.2 Å². The summed E-state index contributed by atoms with van der Waals surface area (Å²) in [6.07, 6.45) is 3.72. The highest BCUT2D eigenvalue weighted by atomic mass is 32.2. The Bertz CT molecular complexity index is 1220. The van der Waals surface area contributed by atoms with Gasteiger partial charge in [-0.15, -0.1) is 0 Å². The quantitative estimate of drug-likeness (QED) is 0.492. The monoisotopic (exact) mass is 511 g/mol. The van der Waals surface area contributed by atoms with Crippen molar-refractivity contribution in [3.05, 3.63) is 23.0 Å². The molecule has 1 aromatic heterocycles. The number of nitrogens with zero attached hydrogens (tertiary/aromatic N) is 3. The summed E-state index contributed by atoms with van der Waals surface area (Å²) in [6, 6.07) is 5.17. The number of thiazole rings is 1. The number of likely N-dealkylation sites (tertiary alicyclic amines) is 1. The molecule has 34 heavy (non-hydrogen) atoms. The summed E-state index contributed by atoms with van der Waals surface area (Å²) in [5, 5.41) is 0. The van der Waals surface area contributed by atoms with Crippen LogP contribution in [-0.2, 0) is 35.5 Å². The molecule has 186 valence electrons. The predicted octanol–water partition coefficient (Wildman–Crippen LogP) is 1.52. The van der Waals surface area contributed by atoms with Crippen LogP contribution in [-0.4, -0.2) is 74.0 Å². The van der Waals surface area contributed by atoms with Crippen LogP contribution in [0.5, 0.6) is 5.75 Å². The topological polar surface area (TPSA) is 124 Å². The van der Waals surface area contributed by atoms with Gasteiger partial charge in [-0.3, -0.25) is 14.4 Å². The highest BCUT2D eigenvalue weighted by Gasteiger charge is 2.25. The van der Waals surface area contributed by atoms with E-state index in [1.54, 1.807) is 30.0 Å². The Morgan fingerprint density at radius 1 is 1.09 bits per heavy atom. The third-order valence-electron chi connectivity index (χ3n) is 5.35. The lowest BCUT2D eigenvalue weighted by Crippen LogP contribution is -2.37. The lowest BCUT2D eigenvalue weighted by Gasteiger charge is -2.19. The lowest BCUT2D eigenvalue weighted by molar-refractivity contribution is -0.143. The maximum Gasteiger partial charge on any atom is 0.326 e. The fourth-order valence-corrected chi connectivity index (χ4v) is 5.91. The fourth-order valence-electron chi connectivity index (χ4n) is 3.73. The number of esters is 1. The van der Waals surface area contributed by atoms with Gasteiger partial charge in [0.2, 0.25) is 5.91 Å². The number of hydrogen-bond acceptors (Lipinski definition) is 8. The molecule has 0 spiro atoms. The number of benzene rings is 1. The van der Waals surface area contributed by atoms with Gasteiger partial charge in [-0.1, -0.05) is 24.2 Å². The molecule has 0 aliphatic carbocycles. The van der Waals surface area contributed by atoms with Crippen LogP contribution in [0.2, 0.25) is 0 Å². The van der Waals surface area contributed by atoms with Crippen LogP contribution < -0.4 is 9.54 Å². The van der Waals surface area contributed by atoms with E-state index in [9.17, 15) is 22.8 Å². The van der Waals surface area contributed by atoms with Crippen molar-refractivity contribution < 1.29 is 32.3 Å². The first kappa shape index (κ1) is 25.9. The normalized spacial score (nSPS) is 15.2. The maximum atomic E-state index is 12.6. The number of sulfone groups is 1. The highest BCUT2D eigenvalue weighted by Crippen LogP contribution is 2.23. The second-order valence-electron chi connectivity index (χ2n) is 7.94. The van der Waals surface area contributed by atoms with Crippen LogP contribution in [0.15, 0.2) is 23.2 Å². The zero-order chi connectivity index (χ0) is 24.7. The zero-order valence-electron chi connectivity index (χ0n) is 19.3. The van der Waals surface area contributed by atoms with Gasteiger partial charge in [-0.25, -0.2) is 8.42 Å². The van der Waals surface area contributed by atoms with E-state index in [0.717, 1.165) is 37.0 Å². The van der Waals surface area contributed by atoms with Crippen LogP contribution in [0.1, 0.15) is 32.6 Å². The Kier molecular flexibility index (Phi) is 8.84. The number of rotatable bonds is 8. The van der Waals surface area contributed by atoms with Gasteiger partial charge in [0.05, 0.1) is 23.9 Å². The number of methoxy groups -OCH3 is 1. The number of carbonyl (C=O) groups is 3. The fraction of sp³-hybridized carbons (Fsp3) is 0.545. The van der Waals surface area contributed by atoms with E-state index < -0.39 is 39.1 Å². The van der Waals surface area contributed by atoms with Crippen LogP contribution in [0.3, 0.4) is 0 Å². The number of amides is 2. The molecule has 0 radical (unpaired) electrons. The van der Waals surface area contributed by atoms with Gasteiger partial charge in [-0.2, -0.15) is 4.99 Å². The van der Waals surface area contributed by atoms with Gasteiger partial charge < -0.3 is 18.9 Å². The summed E-state index contributed by atoms with van der Waals surface area (Å²) in [6.45, 7) is 2.76. The second-order valence-corrected chi connectivity index (χ2v) is 11.0. The molecule has 1 aliphatic rings. The zero-order valence-corrected chi connectivity index (χ0v) is 21.0. The van der Waals surface area contributed by atoms with E-state index in [2.05, 4.69) is 4.99 Å². The summed E-state index contributed by atoms with van der Waals surface area (Å²) >= 11 is 1.12. The third kappa shape index (κ3) is 6.89. The Labute approximate surface area is 202 Å². The van der Waals surface area contributed by atoms with Gasteiger partial charge in [0.25, 0.3) is 5.91 Å². The van der Waals surface area contributed by atoms with Crippen molar-refractivity contribution >= 4 is 49.2 Å². The summed E-state index contributed by atoms with van der Waals surface area (Å²) < 4.78 is 37.6. The standard InChI is InChI=1S/C22H29N3O7S2/c1-3-32-21(28)13-25-17-9-8-16(31-2)12-18(17)33-22(25)23-19(26)14-34(29,30)15-20(27)24-10-6-4-5-7-11-24/h8-9,12H,3-7,10-11,13-15H2,1-2H3. The van der Waals surface area contributed by atoms with E-state index in [1.165, 1.54) is 11.7 Å². The minimum atomic E-state index is -4.00. The molecule has 2 aromatic rings. The Morgan fingerprint density at radius 3 is 2.44 bits per heavy atom. The molecule has 1 aromatic carbocycles. The molecule has 0 saturated carbocycles. The van der Waals surface area contributed by atoms with Crippen LogP contribution in [0, 0.1) is 0 Å². The minimum absolute atomic E-state index is 0.162. The average Bonchev–Trinajstić information content (AvgIpc) is 2.94. The van der Waals surface area contributed by atoms with Crippen molar-refractivity contribution in [1.82, 2.24) is 9.47 Å².